The topological polar surface area (TPSA) is 83.6 Å². The summed E-state index contributed by atoms with van der Waals surface area (Å²) >= 11 is 0. The normalized spacial score (nSPS) is 21.0. The van der Waals surface area contributed by atoms with E-state index in [1.165, 1.54) is 12.1 Å². The van der Waals surface area contributed by atoms with Crippen LogP contribution in [-0.4, -0.2) is 61.9 Å². The van der Waals surface area contributed by atoms with Gasteiger partial charge in [-0.15, -0.1) is 0 Å². The standard InChI is InChI=1S/C13H9FN2O4.Pb.2H/c14-7-3-1-2-6-10(7)13(20)16(12(6)19)8-4-5-9(17)15-11(8)18;;;/h1-3,8H,4-5H2,(H,15,17,18);;;. The number of rotatable bonds is 1. The van der Waals surface area contributed by atoms with E-state index in [9.17, 15) is 23.6 Å². The first-order chi connectivity index (χ1) is 9.50. The number of imide groups is 2. The first kappa shape index (κ1) is 15.7. The number of amides is 4. The van der Waals surface area contributed by atoms with E-state index in [1.54, 1.807) is 0 Å². The van der Waals surface area contributed by atoms with Crippen LogP contribution in [0.4, 0.5) is 4.39 Å². The van der Waals surface area contributed by atoms with E-state index >= 15 is 0 Å². The molecule has 8 heteroatoms. The van der Waals surface area contributed by atoms with Gasteiger partial charge in [-0.05, 0) is 18.6 Å². The molecule has 108 valence electrons. The zero-order chi connectivity index (χ0) is 14.4. The SMILES string of the molecule is O=C1CCC(N2C(=O)c3cccc(F)c3C2=O)C(=O)N1.[PbH2]. The molecule has 0 saturated carbocycles. The van der Waals surface area contributed by atoms with Gasteiger partial charge in [0.15, 0.2) is 0 Å². The number of carbonyl (C=O) groups is 4. The van der Waals surface area contributed by atoms with Crippen molar-refractivity contribution < 1.29 is 23.6 Å². The van der Waals surface area contributed by atoms with Gasteiger partial charge in [-0.25, -0.2) is 4.39 Å². The number of halogens is 1. The van der Waals surface area contributed by atoms with Crippen molar-refractivity contribution in [3.05, 3.63) is 35.1 Å². The Kier molecular flexibility index (Phi) is 4.21. The van der Waals surface area contributed by atoms with Crippen molar-refractivity contribution in [3.63, 3.8) is 0 Å². The number of benzene rings is 1. The van der Waals surface area contributed by atoms with Gasteiger partial charge in [0, 0.05) is 6.42 Å². The van der Waals surface area contributed by atoms with Crippen LogP contribution in [0.2, 0.25) is 0 Å². The van der Waals surface area contributed by atoms with Crippen LogP contribution in [0.25, 0.3) is 0 Å². The van der Waals surface area contributed by atoms with Crippen LogP contribution in [0.3, 0.4) is 0 Å². The second-order valence-corrected chi connectivity index (χ2v) is 4.61. The monoisotopic (exact) mass is 486 g/mol. The Morgan fingerprint density at radius 2 is 1.86 bits per heavy atom. The van der Waals surface area contributed by atoms with E-state index in [1.807, 2.05) is 0 Å². The first-order valence-electron chi connectivity index (χ1n) is 6.01. The number of piperidine rings is 1. The molecule has 21 heavy (non-hydrogen) atoms. The molecule has 2 heterocycles. The number of nitrogens with zero attached hydrogens (tertiary/aromatic N) is 1. The van der Waals surface area contributed by atoms with Gasteiger partial charge in [-0.3, -0.25) is 29.4 Å². The van der Waals surface area contributed by atoms with Gasteiger partial charge in [0.05, 0.1) is 11.1 Å². The number of fused-ring (bicyclic) bond motifs is 1. The molecule has 1 unspecified atom stereocenters. The molecule has 0 aliphatic carbocycles. The van der Waals surface area contributed by atoms with Gasteiger partial charge in [0.25, 0.3) is 11.8 Å². The van der Waals surface area contributed by atoms with Gasteiger partial charge >= 0.3 is 27.3 Å². The predicted molar refractivity (Wildman–Crippen MR) is 71.6 cm³/mol. The molecular formula is C13H11FN2O4Pb. The molecule has 0 bridgehead atoms. The van der Waals surface area contributed by atoms with Crippen molar-refractivity contribution >= 4 is 50.9 Å². The Bertz CT molecular complexity index is 676. The van der Waals surface area contributed by atoms with Crippen molar-refractivity contribution in [2.45, 2.75) is 18.9 Å². The molecule has 3 rings (SSSR count). The molecule has 1 aromatic rings. The summed E-state index contributed by atoms with van der Waals surface area (Å²) in [6.45, 7) is 0. The van der Waals surface area contributed by atoms with Crippen molar-refractivity contribution in [1.29, 1.82) is 0 Å². The average molecular weight is 485 g/mol. The van der Waals surface area contributed by atoms with Crippen LogP contribution in [0.15, 0.2) is 18.2 Å². The predicted octanol–water partition coefficient (Wildman–Crippen LogP) is -0.689. The van der Waals surface area contributed by atoms with E-state index in [0.717, 1.165) is 11.0 Å². The van der Waals surface area contributed by atoms with Gasteiger partial charge in [-0.2, -0.15) is 0 Å². The maximum atomic E-state index is 13.7. The number of hydrogen-bond acceptors (Lipinski definition) is 4. The molecule has 2 aliphatic rings. The molecule has 6 nitrogen and oxygen atoms in total. The molecule has 4 amide bonds. The van der Waals surface area contributed by atoms with E-state index < -0.39 is 35.5 Å². The van der Waals surface area contributed by atoms with Crippen LogP contribution in [0.1, 0.15) is 33.6 Å². The third kappa shape index (κ3) is 2.39. The Morgan fingerprint density at radius 1 is 1.14 bits per heavy atom. The van der Waals surface area contributed by atoms with Gasteiger partial charge in [0.1, 0.15) is 11.9 Å². The Labute approximate surface area is 138 Å². The number of hydrogen-bond donors (Lipinski definition) is 1. The van der Waals surface area contributed by atoms with Gasteiger partial charge < -0.3 is 0 Å². The van der Waals surface area contributed by atoms with E-state index in [4.69, 9.17) is 0 Å². The zero-order valence-electron chi connectivity index (χ0n) is 10.9. The fraction of sp³-hybridized carbons (Fsp3) is 0.231. The second-order valence-electron chi connectivity index (χ2n) is 4.61. The molecule has 1 N–H and O–H groups in total. The van der Waals surface area contributed by atoms with Gasteiger partial charge in [-0.1, -0.05) is 6.07 Å². The van der Waals surface area contributed by atoms with Crippen molar-refractivity contribution in [2.75, 3.05) is 0 Å². The molecule has 1 fully saturated rings. The fourth-order valence-electron chi connectivity index (χ4n) is 2.47. The maximum absolute atomic E-state index is 13.7. The molecule has 1 aromatic carbocycles. The number of nitrogens with one attached hydrogen (secondary N) is 1. The molecule has 1 atom stereocenters. The molecule has 0 aromatic heterocycles. The van der Waals surface area contributed by atoms with Crippen LogP contribution in [0.5, 0.6) is 0 Å². The third-order valence-electron chi connectivity index (χ3n) is 3.42. The minimum atomic E-state index is -1.07. The summed E-state index contributed by atoms with van der Waals surface area (Å²) in [5.41, 5.74) is -0.373. The molecule has 0 spiro atoms. The van der Waals surface area contributed by atoms with E-state index in [0.29, 0.717) is 0 Å². The molecule has 2 aliphatic heterocycles. The van der Waals surface area contributed by atoms with Crippen LogP contribution in [-0.2, 0) is 9.59 Å². The van der Waals surface area contributed by atoms with E-state index in [-0.39, 0.29) is 51.3 Å². The van der Waals surface area contributed by atoms with Crippen molar-refractivity contribution in [1.82, 2.24) is 10.2 Å². The van der Waals surface area contributed by atoms with E-state index in [2.05, 4.69) is 5.32 Å². The average Bonchev–Trinajstić information content (AvgIpc) is 2.64. The summed E-state index contributed by atoms with van der Waals surface area (Å²) in [7, 11) is 0. The van der Waals surface area contributed by atoms with Gasteiger partial charge in [0.2, 0.25) is 11.8 Å². The third-order valence-corrected chi connectivity index (χ3v) is 3.42. The van der Waals surface area contributed by atoms with Crippen molar-refractivity contribution in [3.8, 4) is 0 Å². The second kappa shape index (κ2) is 5.62. The molecule has 2 radical (unpaired) electrons. The number of carbonyl (C=O) groups excluding carboxylic acids is 4. The van der Waals surface area contributed by atoms with Crippen LogP contribution in [0, 0.1) is 5.82 Å². The molecule has 1 saturated heterocycles. The fourth-order valence-corrected chi connectivity index (χ4v) is 2.47. The molecular weight excluding hydrogens is 474 g/mol. The van der Waals surface area contributed by atoms with Crippen molar-refractivity contribution in [2.24, 2.45) is 0 Å². The Balaban J connectivity index is 0.00000161. The van der Waals surface area contributed by atoms with Crippen LogP contribution < -0.4 is 5.32 Å². The Morgan fingerprint density at radius 3 is 2.48 bits per heavy atom. The van der Waals surface area contributed by atoms with Crippen LogP contribution >= 0.6 is 0 Å². The zero-order valence-corrected chi connectivity index (χ0v) is 16.4. The summed E-state index contributed by atoms with van der Waals surface area (Å²) in [5.74, 6) is -3.50. The summed E-state index contributed by atoms with van der Waals surface area (Å²) in [5, 5.41) is 2.07. The Hall–Kier alpha value is -1.65. The quantitative estimate of drug-likeness (QED) is 0.422. The summed E-state index contributed by atoms with van der Waals surface area (Å²) in [6.07, 6.45) is 0.0873. The summed E-state index contributed by atoms with van der Waals surface area (Å²) < 4.78 is 13.7. The minimum absolute atomic E-state index is 0. The first-order valence-corrected chi connectivity index (χ1v) is 6.01. The summed E-state index contributed by atoms with van der Waals surface area (Å²) in [4.78, 5) is 47.9. The summed E-state index contributed by atoms with van der Waals surface area (Å²) in [6, 6.07) is 2.68.